The summed E-state index contributed by atoms with van der Waals surface area (Å²) in [6, 6.07) is 9.08. The van der Waals surface area contributed by atoms with Gasteiger partial charge < -0.3 is 9.22 Å². The average Bonchev–Trinajstić information content (AvgIpc) is 2.85. The molecule has 0 aliphatic carbocycles. The summed E-state index contributed by atoms with van der Waals surface area (Å²) >= 11 is 0. The lowest BCUT2D eigenvalue weighted by Gasteiger charge is -2.37. The van der Waals surface area contributed by atoms with Gasteiger partial charge in [0.1, 0.15) is 6.29 Å². The third-order valence-electron chi connectivity index (χ3n) is 6.56. The molecule has 0 amide bonds. The molecular formula is C26H34O2Si. The van der Waals surface area contributed by atoms with Crippen molar-refractivity contribution in [1.82, 2.24) is 0 Å². The molecule has 1 aliphatic rings. The first-order valence-electron chi connectivity index (χ1n) is 10.6. The second-order valence-corrected chi connectivity index (χ2v) is 12.5. The topological polar surface area (TPSA) is 26.3 Å². The van der Waals surface area contributed by atoms with Crippen LogP contribution in [-0.2, 0) is 9.22 Å². The van der Waals surface area contributed by atoms with Gasteiger partial charge in [0, 0.05) is 5.92 Å². The molecule has 0 spiro atoms. The molecule has 1 heterocycles. The predicted octanol–water partition coefficient (Wildman–Crippen LogP) is 4.78. The van der Waals surface area contributed by atoms with Crippen LogP contribution in [0.5, 0.6) is 0 Å². The fourth-order valence-electron chi connectivity index (χ4n) is 5.74. The molecule has 0 bridgehead atoms. The molecule has 154 valence electrons. The van der Waals surface area contributed by atoms with E-state index in [1.165, 1.54) is 43.8 Å². The maximum absolute atomic E-state index is 12.2. The number of carbonyl (C=O) groups excluding carboxylic acids is 1. The Morgan fingerprint density at radius 1 is 0.828 bits per heavy atom. The normalized spacial score (nSPS) is 23.7. The third kappa shape index (κ3) is 3.45. The highest BCUT2D eigenvalue weighted by molar-refractivity contribution is 7.00. The van der Waals surface area contributed by atoms with Crippen molar-refractivity contribution in [3.05, 3.63) is 69.8 Å². The van der Waals surface area contributed by atoms with Gasteiger partial charge in [-0.15, -0.1) is 0 Å². The first-order chi connectivity index (χ1) is 13.7. The van der Waals surface area contributed by atoms with Crippen LogP contribution >= 0.6 is 0 Å². The lowest BCUT2D eigenvalue weighted by atomic mass is 10.0. The first-order valence-corrected chi connectivity index (χ1v) is 12.6. The van der Waals surface area contributed by atoms with Crippen molar-refractivity contribution in [3.8, 4) is 0 Å². The third-order valence-corrected chi connectivity index (χ3v) is 11.9. The van der Waals surface area contributed by atoms with Crippen molar-refractivity contribution >= 4 is 25.0 Å². The molecule has 0 N–H and O–H groups in total. The average molecular weight is 407 g/mol. The Labute approximate surface area is 177 Å². The zero-order chi connectivity index (χ0) is 21.5. The zero-order valence-electron chi connectivity index (χ0n) is 19.1. The van der Waals surface area contributed by atoms with Crippen LogP contribution in [0.15, 0.2) is 36.4 Å². The maximum atomic E-state index is 12.2. The number of allylic oxidation sites excluding steroid dienone is 1. The molecule has 0 aromatic heterocycles. The summed E-state index contributed by atoms with van der Waals surface area (Å²) in [6.07, 6.45) is 5.05. The lowest BCUT2D eigenvalue weighted by molar-refractivity contribution is -0.112. The number of rotatable bonds is 4. The molecule has 0 unspecified atom stereocenters. The quantitative estimate of drug-likeness (QED) is 0.415. The van der Waals surface area contributed by atoms with Crippen LogP contribution in [0.2, 0.25) is 5.54 Å². The molecule has 3 rings (SSSR count). The van der Waals surface area contributed by atoms with Gasteiger partial charge in [-0.05, 0) is 86.6 Å². The lowest BCUT2D eigenvalue weighted by Crippen LogP contribution is -2.64. The molecule has 0 radical (unpaired) electrons. The Morgan fingerprint density at radius 3 is 1.59 bits per heavy atom. The number of hydrogen-bond acceptors (Lipinski definition) is 2. The molecule has 2 aromatic rings. The van der Waals surface area contributed by atoms with Crippen molar-refractivity contribution in [2.45, 2.75) is 67.0 Å². The van der Waals surface area contributed by atoms with Crippen molar-refractivity contribution in [3.63, 3.8) is 0 Å². The van der Waals surface area contributed by atoms with Gasteiger partial charge in [-0.2, -0.15) is 0 Å². The van der Waals surface area contributed by atoms with E-state index < -0.39 is 8.32 Å². The van der Waals surface area contributed by atoms with Crippen molar-refractivity contribution in [1.29, 1.82) is 0 Å². The highest BCUT2D eigenvalue weighted by atomic mass is 28.4. The molecule has 3 heteroatoms. The molecule has 0 saturated carbocycles. The van der Waals surface area contributed by atoms with Gasteiger partial charge in [-0.3, -0.25) is 0 Å². The Morgan fingerprint density at radius 2 is 1.24 bits per heavy atom. The van der Waals surface area contributed by atoms with Gasteiger partial charge in [0.05, 0.1) is 6.10 Å². The molecule has 3 atom stereocenters. The maximum Gasteiger partial charge on any atom is 0.261 e. The van der Waals surface area contributed by atoms with Crippen LogP contribution in [0.4, 0.5) is 0 Å². The minimum absolute atomic E-state index is 0.127. The van der Waals surface area contributed by atoms with Crippen molar-refractivity contribution < 1.29 is 9.22 Å². The minimum atomic E-state index is -2.68. The summed E-state index contributed by atoms with van der Waals surface area (Å²) in [4.78, 5) is 12.2. The van der Waals surface area contributed by atoms with Crippen LogP contribution in [0.3, 0.4) is 0 Å². The van der Waals surface area contributed by atoms with Crippen LogP contribution in [-0.4, -0.2) is 20.7 Å². The Bertz CT molecular complexity index is 869. The molecule has 1 fully saturated rings. The van der Waals surface area contributed by atoms with Gasteiger partial charge in [0.25, 0.3) is 8.32 Å². The second kappa shape index (κ2) is 8.04. The van der Waals surface area contributed by atoms with E-state index in [1.54, 1.807) is 0 Å². The Kier molecular flexibility index (Phi) is 6.02. The second-order valence-electron chi connectivity index (χ2n) is 8.89. The predicted molar refractivity (Wildman–Crippen MR) is 125 cm³/mol. The van der Waals surface area contributed by atoms with Crippen molar-refractivity contribution in [2.75, 3.05) is 0 Å². The number of benzene rings is 2. The standard InChI is InChI=1S/C26H34O2Si/c1-9-10-24-23(15-27)22(8)29(28-24,25-18(4)11-16(2)12-19(25)5)26-20(6)13-17(3)14-21(26)7/h9-15,22-24H,1-8H3/b10-9+/t22-,23-,24+/m1/s1. The van der Waals surface area contributed by atoms with Crippen molar-refractivity contribution in [2.24, 2.45) is 5.92 Å². The number of carbonyl (C=O) groups is 1. The Hall–Kier alpha value is -1.97. The number of hydrogen-bond donors (Lipinski definition) is 0. The Balaban J connectivity index is 2.44. The first kappa shape index (κ1) is 21.7. The van der Waals surface area contributed by atoms with E-state index in [9.17, 15) is 4.79 Å². The number of aldehydes is 1. The van der Waals surface area contributed by atoms with Gasteiger partial charge in [0.15, 0.2) is 0 Å². The van der Waals surface area contributed by atoms with E-state index >= 15 is 0 Å². The largest absolute Gasteiger partial charge is 0.401 e. The summed E-state index contributed by atoms with van der Waals surface area (Å²) in [5.41, 5.74) is 7.83. The highest BCUT2D eigenvalue weighted by Gasteiger charge is 2.58. The monoisotopic (exact) mass is 406 g/mol. The molecular weight excluding hydrogens is 372 g/mol. The summed E-state index contributed by atoms with van der Waals surface area (Å²) < 4.78 is 7.10. The van der Waals surface area contributed by atoms with E-state index in [2.05, 4.69) is 78.8 Å². The minimum Gasteiger partial charge on any atom is -0.401 e. The van der Waals surface area contributed by atoms with E-state index in [1.807, 2.05) is 13.0 Å². The highest BCUT2D eigenvalue weighted by Crippen LogP contribution is 2.43. The van der Waals surface area contributed by atoms with Gasteiger partial charge in [0.2, 0.25) is 0 Å². The summed E-state index contributed by atoms with van der Waals surface area (Å²) in [7, 11) is -2.68. The smallest absolute Gasteiger partial charge is 0.261 e. The summed E-state index contributed by atoms with van der Waals surface area (Å²) in [5, 5.41) is 2.70. The summed E-state index contributed by atoms with van der Waals surface area (Å²) in [5.74, 6) is -0.127. The van der Waals surface area contributed by atoms with E-state index in [0.717, 1.165) is 6.29 Å². The van der Waals surface area contributed by atoms with Gasteiger partial charge in [-0.25, -0.2) is 0 Å². The zero-order valence-corrected chi connectivity index (χ0v) is 20.1. The molecule has 1 aliphatic heterocycles. The fourth-order valence-corrected chi connectivity index (χ4v) is 11.5. The van der Waals surface area contributed by atoms with Crippen LogP contribution < -0.4 is 10.4 Å². The van der Waals surface area contributed by atoms with E-state index in [-0.39, 0.29) is 17.6 Å². The molecule has 29 heavy (non-hydrogen) atoms. The number of aryl methyl sites for hydroxylation is 6. The van der Waals surface area contributed by atoms with Crippen LogP contribution in [0.1, 0.15) is 47.2 Å². The van der Waals surface area contributed by atoms with Gasteiger partial charge >= 0.3 is 0 Å². The molecule has 1 saturated heterocycles. The molecule has 2 aromatic carbocycles. The van der Waals surface area contributed by atoms with E-state index in [0.29, 0.717) is 0 Å². The SMILES string of the molecule is C/C=C/[C@@H]1O[Si](c2c(C)cc(C)cc2C)(c2c(C)cc(C)cc2C)[C@H](C)[C@H]1C=O. The molecule has 2 nitrogen and oxygen atoms in total. The van der Waals surface area contributed by atoms with Crippen LogP contribution in [0.25, 0.3) is 0 Å². The fraction of sp³-hybridized carbons (Fsp3) is 0.423. The summed E-state index contributed by atoms with van der Waals surface area (Å²) in [6.45, 7) is 17.4. The van der Waals surface area contributed by atoms with Gasteiger partial charge in [-0.1, -0.05) is 54.5 Å². The van der Waals surface area contributed by atoms with E-state index in [4.69, 9.17) is 4.43 Å². The van der Waals surface area contributed by atoms with Crippen LogP contribution in [0, 0.1) is 47.5 Å².